The van der Waals surface area contributed by atoms with Crippen molar-refractivity contribution in [2.45, 2.75) is 12.2 Å². The number of hydrogen-bond acceptors (Lipinski definition) is 2. The summed E-state index contributed by atoms with van der Waals surface area (Å²) in [5, 5.41) is 0. The van der Waals surface area contributed by atoms with Gasteiger partial charge in [0.2, 0.25) is 0 Å². The lowest BCUT2D eigenvalue weighted by molar-refractivity contribution is -0.935. The van der Waals surface area contributed by atoms with Gasteiger partial charge in [0.1, 0.15) is 0 Å². The van der Waals surface area contributed by atoms with Crippen LogP contribution in [0.4, 0.5) is 17.7 Å². The van der Waals surface area contributed by atoms with Crippen LogP contribution in [0.5, 0.6) is 0 Å². The van der Waals surface area contributed by atoms with E-state index in [1.54, 1.807) is 0 Å². The Morgan fingerprint density at radius 2 is 1.80 bits per heavy atom. The van der Waals surface area contributed by atoms with Crippen LogP contribution in [0.2, 0.25) is 0 Å². The second-order valence-corrected chi connectivity index (χ2v) is 4.24. The third kappa shape index (κ3) is 2.03. The van der Waals surface area contributed by atoms with E-state index in [2.05, 4.69) is 0 Å². The molecule has 1 aliphatic rings. The Kier molecular flexibility index (Phi) is 2.66. The van der Waals surface area contributed by atoms with Gasteiger partial charge in [0.15, 0.2) is 6.20 Å². The van der Waals surface area contributed by atoms with E-state index in [4.69, 9.17) is 4.55 Å². The minimum atomic E-state index is -5.54. The van der Waals surface area contributed by atoms with Crippen LogP contribution in [0.25, 0.3) is 0 Å². The quantitative estimate of drug-likeness (QED) is 0.434. The van der Waals surface area contributed by atoms with Gasteiger partial charge in [0, 0.05) is 8.59 Å². The van der Waals surface area contributed by atoms with Gasteiger partial charge in [-0.25, -0.2) is 4.55 Å². The van der Waals surface area contributed by atoms with Crippen LogP contribution in [0.15, 0.2) is 24.4 Å². The van der Waals surface area contributed by atoms with Crippen LogP contribution in [0, 0.1) is 0 Å². The molecule has 9 heteroatoms. The lowest BCUT2D eigenvalue weighted by atomic mass is 10.2. The molecule has 0 fully saturated rings. The number of hydrogen-bond donors (Lipinski definition) is 1. The SMILES string of the molecule is O=S(=O)(O)[N+]1(F)C=CC=CC1C(F)(F)F. The minimum Gasteiger partial charge on any atom is -0.238 e. The molecule has 0 saturated heterocycles. The maximum absolute atomic E-state index is 13.5. The molecule has 0 aromatic rings. The molecule has 0 aliphatic carbocycles. The van der Waals surface area contributed by atoms with Crippen molar-refractivity contribution in [1.29, 1.82) is 0 Å². The highest BCUT2D eigenvalue weighted by molar-refractivity contribution is 7.80. The summed E-state index contributed by atoms with van der Waals surface area (Å²) in [6.45, 7) is 0. The normalized spacial score (nSPS) is 31.9. The van der Waals surface area contributed by atoms with Crippen LogP contribution in [-0.2, 0) is 10.3 Å². The van der Waals surface area contributed by atoms with E-state index in [1.165, 1.54) is 0 Å². The second kappa shape index (κ2) is 3.29. The summed E-state index contributed by atoms with van der Waals surface area (Å²) in [5.74, 6) is 0. The van der Waals surface area contributed by atoms with Gasteiger partial charge in [-0.05, 0) is 12.2 Å². The van der Waals surface area contributed by atoms with E-state index >= 15 is 0 Å². The lowest BCUT2D eigenvalue weighted by Gasteiger charge is -2.27. The largest absolute Gasteiger partial charge is 0.475 e. The monoisotopic (exact) mass is 248 g/mol. The van der Waals surface area contributed by atoms with E-state index in [0.717, 1.165) is 12.2 Å². The second-order valence-electron chi connectivity index (χ2n) is 2.78. The van der Waals surface area contributed by atoms with Crippen molar-refractivity contribution in [2.24, 2.45) is 0 Å². The molecular weight excluding hydrogens is 242 g/mol. The van der Waals surface area contributed by atoms with Crippen molar-refractivity contribution < 1.29 is 34.7 Å². The van der Waals surface area contributed by atoms with E-state index in [1.807, 2.05) is 0 Å². The molecule has 1 aliphatic heterocycles. The van der Waals surface area contributed by atoms with Crippen molar-refractivity contribution in [3.8, 4) is 0 Å². The highest BCUT2D eigenvalue weighted by Gasteiger charge is 2.62. The van der Waals surface area contributed by atoms with Crippen LogP contribution >= 0.6 is 0 Å². The summed E-state index contributed by atoms with van der Waals surface area (Å²) >= 11 is 0. The highest BCUT2D eigenvalue weighted by Crippen LogP contribution is 2.36. The summed E-state index contributed by atoms with van der Waals surface area (Å²) in [6.07, 6.45) is -3.09. The molecule has 0 spiro atoms. The first-order valence-corrected chi connectivity index (χ1v) is 4.97. The fraction of sp³-hybridized carbons (Fsp3) is 0.333. The molecule has 1 N–H and O–H groups in total. The number of quaternary nitrogens is 1. The Labute approximate surface area is 82.5 Å². The van der Waals surface area contributed by atoms with Gasteiger partial charge in [-0.3, -0.25) is 0 Å². The van der Waals surface area contributed by atoms with E-state index in [0.29, 0.717) is 6.08 Å². The molecule has 1 heterocycles. The van der Waals surface area contributed by atoms with Gasteiger partial charge in [-0.2, -0.15) is 13.2 Å². The molecule has 0 bridgehead atoms. The molecule has 2 unspecified atom stereocenters. The molecule has 86 valence electrons. The van der Waals surface area contributed by atoms with E-state index in [9.17, 15) is 26.1 Å². The van der Waals surface area contributed by atoms with Crippen LogP contribution < -0.4 is 0 Å². The zero-order valence-electron chi connectivity index (χ0n) is 7.02. The minimum absolute atomic E-state index is 0.105. The predicted molar refractivity (Wildman–Crippen MR) is 41.0 cm³/mol. The molecule has 0 amide bonds. The summed E-state index contributed by atoms with van der Waals surface area (Å²) in [5.41, 5.74) is 0. The van der Waals surface area contributed by atoms with Gasteiger partial charge in [0.25, 0.3) is 6.04 Å². The average Bonchev–Trinajstić information content (AvgIpc) is 2.00. The van der Waals surface area contributed by atoms with Crippen molar-refractivity contribution >= 4 is 10.3 Å². The van der Waals surface area contributed by atoms with Gasteiger partial charge >= 0.3 is 16.5 Å². The zero-order chi connectivity index (χ0) is 11.9. The molecule has 4 nitrogen and oxygen atoms in total. The maximum atomic E-state index is 13.5. The first kappa shape index (κ1) is 12.1. The smallest absolute Gasteiger partial charge is 0.238 e. The molecule has 0 radical (unpaired) electrons. The Balaban J connectivity index is 3.29. The Hall–Kier alpha value is -0.930. The van der Waals surface area contributed by atoms with Crippen molar-refractivity contribution in [3.05, 3.63) is 24.4 Å². The Morgan fingerprint density at radius 1 is 1.27 bits per heavy atom. The topological polar surface area (TPSA) is 54.4 Å². The standard InChI is InChI=1S/C6H5F4NO3S/c7-6(8,9)5-3-1-2-4-11(5,10)15(12,13)14/h1-5H/p+1. The van der Waals surface area contributed by atoms with E-state index < -0.39 is 26.6 Å². The average molecular weight is 248 g/mol. The first-order chi connectivity index (χ1) is 6.59. The van der Waals surface area contributed by atoms with Crippen molar-refractivity contribution in [3.63, 3.8) is 0 Å². The molecule has 1 rings (SSSR count). The highest BCUT2D eigenvalue weighted by atomic mass is 32.2. The fourth-order valence-electron chi connectivity index (χ4n) is 1.08. The molecule has 0 saturated carbocycles. The number of nitrogens with zero attached hydrogens (tertiary/aromatic N) is 1. The molecule has 0 aromatic carbocycles. The zero-order valence-corrected chi connectivity index (χ0v) is 7.83. The number of halogens is 4. The van der Waals surface area contributed by atoms with Crippen LogP contribution in [0.1, 0.15) is 0 Å². The molecular formula is C6H6F4NO3S+. The predicted octanol–water partition coefficient (Wildman–Crippen LogP) is 1.50. The lowest BCUT2D eigenvalue weighted by Crippen LogP contribution is -2.55. The van der Waals surface area contributed by atoms with Crippen LogP contribution in [-0.4, -0.2) is 29.3 Å². The van der Waals surface area contributed by atoms with Crippen molar-refractivity contribution in [1.82, 2.24) is 0 Å². The third-order valence-electron chi connectivity index (χ3n) is 1.76. The van der Waals surface area contributed by atoms with Gasteiger partial charge in [0.05, 0.1) is 0 Å². The molecule has 15 heavy (non-hydrogen) atoms. The Bertz CT molecular complexity index is 413. The summed E-state index contributed by atoms with van der Waals surface area (Å²) in [7, 11) is -5.54. The number of rotatable bonds is 1. The third-order valence-corrected chi connectivity index (χ3v) is 2.82. The maximum Gasteiger partial charge on any atom is 0.475 e. The van der Waals surface area contributed by atoms with Gasteiger partial charge in [-0.15, -0.1) is 8.42 Å². The van der Waals surface area contributed by atoms with E-state index in [-0.39, 0.29) is 6.20 Å². The summed E-state index contributed by atoms with van der Waals surface area (Å²) < 4.78 is 76.6. The van der Waals surface area contributed by atoms with Gasteiger partial charge in [-0.1, -0.05) is 6.08 Å². The number of alkyl halides is 3. The fourth-order valence-corrected chi connectivity index (χ4v) is 1.78. The summed E-state index contributed by atoms with van der Waals surface area (Å²) in [6, 6.07) is -2.96. The first-order valence-electron chi connectivity index (χ1n) is 3.57. The molecule has 2 atom stereocenters. The molecule has 0 aromatic heterocycles. The summed E-state index contributed by atoms with van der Waals surface area (Å²) in [4.78, 5) is 0. The van der Waals surface area contributed by atoms with Crippen molar-refractivity contribution in [2.75, 3.05) is 0 Å². The van der Waals surface area contributed by atoms with Gasteiger partial charge < -0.3 is 0 Å². The Morgan fingerprint density at radius 3 is 2.13 bits per heavy atom. The number of allylic oxidation sites excluding steroid dienone is 2. The van der Waals surface area contributed by atoms with Crippen LogP contribution in [0.3, 0.4) is 0 Å².